The largest absolute Gasteiger partial charge is 0.457 e. The van der Waals surface area contributed by atoms with E-state index in [1.54, 1.807) is 30.5 Å². The molecule has 0 spiro atoms. The maximum atomic E-state index is 12.1. The lowest BCUT2D eigenvalue weighted by Gasteiger charge is -2.28. The summed E-state index contributed by atoms with van der Waals surface area (Å²) in [5, 5.41) is 0. The summed E-state index contributed by atoms with van der Waals surface area (Å²) in [5.41, 5.74) is 0.220. The zero-order chi connectivity index (χ0) is 15.3. The van der Waals surface area contributed by atoms with E-state index in [1.165, 1.54) is 0 Å². The molecule has 0 saturated carbocycles. The van der Waals surface area contributed by atoms with Gasteiger partial charge in [0.05, 0.1) is 5.56 Å². The molecule has 0 aliphatic heterocycles. The van der Waals surface area contributed by atoms with Gasteiger partial charge in [-0.15, -0.1) is 12.3 Å². The van der Waals surface area contributed by atoms with Crippen LogP contribution in [0.3, 0.4) is 0 Å². The fourth-order valence-electron chi connectivity index (χ4n) is 1.61. The van der Waals surface area contributed by atoms with Gasteiger partial charge in [0.1, 0.15) is 6.10 Å². The molecule has 0 saturated heterocycles. The van der Waals surface area contributed by atoms with Gasteiger partial charge in [-0.1, -0.05) is 20.8 Å². The normalized spacial score (nSPS) is 14.2. The van der Waals surface area contributed by atoms with Crippen LogP contribution in [0.25, 0.3) is 0 Å². The highest BCUT2D eigenvalue weighted by Crippen LogP contribution is 2.25. The molecule has 108 valence electrons. The Morgan fingerprint density at radius 3 is 2.30 bits per heavy atom. The van der Waals surface area contributed by atoms with Crippen LogP contribution in [0.1, 0.15) is 37.6 Å². The summed E-state index contributed by atoms with van der Waals surface area (Å²) in [4.78, 5) is 12.8. The third-order valence-corrected chi connectivity index (χ3v) is 3.88. The molecular weight excluding hydrogens is 272 g/mol. The summed E-state index contributed by atoms with van der Waals surface area (Å²) in [6.07, 6.45) is 6.96. The number of esters is 1. The average Bonchev–Trinajstić information content (AvgIpc) is 2.37. The quantitative estimate of drug-likeness (QED) is 0.633. The van der Waals surface area contributed by atoms with E-state index in [1.807, 2.05) is 20.8 Å². The lowest BCUT2D eigenvalue weighted by atomic mass is 9.87. The Labute approximate surface area is 123 Å². The van der Waals surface area contributed by atoms with E-state index in [9.17, 15) is 9.00 Å². The summed E-state index contributed by atoms with van der Waals surface area (Å²) < 4.78 is 16.8. The van der Waals surface area contributed by atoms with Crippen molar-refractivity contribution >= 4 is 16.8 Å². The van der Waals surface area contributed by atoms with Gasteiger partial charge in [0.25, 0.3) is 0 Å². The minimum atomic E-state index is -1.06. The number of hydrogen-bond acceptors (Lipinski definition) is 3. The number of carbonyl (C=O) groups is 1. The van der Waals surface area contributed by atoms with Crippen LogP contribution < -0.4 is 0 Å². The Kier molecular flexibility index (Phi) is 5.52. The minimum Gasteiger partial charge on any atom is -0.457 e. The highest BCUT2D eigenvalue weighted by molar-refractivity contribution is 7.84. The van der Waals surface area contributed by atoms with Gasteiger partial charge in [-0.05, 0) is 29.7 Å². The highest BCUT2D eigenvalue weighted by Gasteiger charge is 2.28. The number of carbonyl (C=O) groups excluding carboxylic acids is 1. The Morgan fingerprint density at radius 1 is 1.35 bits per heavy atom. The number of ether oxygens (including phenoxy) is 1. The van der Waals surface area contributed by atoms with E-state index < -0.39 is 16.8 Å². The molecule has 1 rings (SSSR count). The lowest BCUT2D eigenvalue weighted by Crippen LogP contribution is -2.31. The number of hydrogen-bond donors (Lipinski definition) is 0. The second kappa shape index (κ2) is 6.71. The van der Waals surface area contributed by atoms with Gasteiger partial charge in [0.2, 0.25) is 0 Å². The van der Waals surface area contributed by atoms with Crippen LogP contribution in [-0.2, 0) is 15.5 Å². The van der Waals surface area contributed by atoms with Crippen LogP contribution in [0.15, 0.2) is 29.2 Å². The molecule has 2 atom stereocenters. The molecule has 3 nitrogen and oxygen atoms in total. The lowest BCUT2D eigenvalue weighted by molar-refractivity contribution is -0.000548. The molecule has 1 aromatic rings. The molecule has 0 radical (unpaired) electrons. The molecule has 0 aliphatic rings. The number of terminal acetylenes is 1. The molecule has 0 N–H and O–H groups in total. The third-order valence-electron chi connectivity index (χ3n) is 2.94. The summed E-state index contributed by atoms with van der Waals surface area (Å²) >= 11 is 0. The summed E-state index contributed by atoms with van der Waals surface area (Å²) in [6.45, 7) is 5.93. The minimum absolute atomic E-state index is 0.215. The van der Waals surface area contributed by atoms with Gasteiger partial charge < -0.3 is 4.74 Å². The van der Waals surface area contributed by atoms with Gasteiger partial charge in [-0.3, -0.25) is 4.21 Å². The average molecular weight is 292 g/mol. The number of benzene rings is 1. The van der Waals surface area contributed by atoms with Crippen LogP contribution in [0.4, 0.5) is 0 Å². The van der Waals surface area contributed by atoms with Crippen molar-refractivity contribution in [3.8, 4) is 12.3 Å². The molecule has 0 bridgehead atoms. The molecule has 1 aromatic carbocycles. The van der Waals surface area contributed by atoms with E-state index in [2.05, 4.69) is 5.92 Å². The van der Waals surface area contributed by atoms with Crippen molar-refractivity contribution in [1.82, 2.24) is 0 Å². The van der Waals surface area contributed by atoms with E-state index in [0.717, 1.165) is 0 Å². The van der Waals surface area contributed by atoms with E-state index in [4.69, 9.17) is 11.2 Å². The maximum absolute atomic E-state index is 12.1. The van der Waals surface area contributed by atoms with E-state index in [0.29, 0.717) is 16.9 Å². The standard InChI is InChI=1S/C16H20O3S/c1-6-7-14(16(2,3)4)19-15(17)12-8-10-13(11-9-12)20(5)18/h1,8-11,14H,7H2,2-5H3/t14-,20+/m0/s1. The summed E-state index contributed by atoms with van der Waals surface area (Å²) in [7, 11) is -1.06. The molecule has 0 aromatic heterocycles. The molecule has 20 heavy (non-hydrogen) atoms. The smallest absolute Gasteiger partial charge is 0.338 e. The predicted octanol–water partition coefficient (Wildman–Crippen LogP) is 3.02. The maximum Gasteiger partial charge on any atom is 0.338 e. The first-order chi connectivity index (χ1) is 9.25. The monoisotopic (exact) mass is 292 g/mol. The third kappa shape index (κ3) is 4.50. The van der Waals surface area contributed by atoms with Gasteiger partial charge in [0, 0.05) is 28.4 Å². The van der Waals surface area contributed by atoms with Crippen LogP contribution >= 0.6 is 0 Å². The van der Waals surface area contributed by atoms with Crippen molar-refractivity contribution in [1.29, 1.82) is 0 Å². The zero-order valence-corrected chi connectivity index (χ0v) is 13.1. The molecule has 0 aliphatic carbocycles. The van der Waals surface area contributed by atoms with Crippen molar-refractivity contribution < 1.29 is 13.7 Å². The van der Waals surface area contributed by atoms with Crippen LogP contribution in [0.2, 0.25) is 0 Å². The topological polar surface area (TPSA) is 43.4 Å². The predicted molar refractivity (Wildman–Crippen MR) is 80.9 cm³/mol. The van der Waals surface area contributed by atoms with Crippen LogP contribution in [0.5, 0.6) is 0 Å². The molecule has 0 unspecified atom stereocenters. The van der Waals surface area contributed by atoms with E-state index >= 15 is 0 Å². The SMILES string of the molecule is C#CC[C@H](OC(=O)c1ccc([S@@](C)=O)cc1)C(C)(C)C. The van der Waals surface area contributed by atoms with Gasteiger partial charge in [-0.2, -0.15) is 0 Å². The Morgan fingerprint density at radius 2 is 1.90 bits per heavy atom. The highest BCUT2D eigenvalue weighted by atomic mass is 32.2. The summed E-state index contributed by atoms with van der Waals surface area (Å²) in [6, 6.07) is 6.57. The van der Waals surface area contributed by atoms with Crippen molar-refractivity contribution in [2.24, 2.45) is 5.41 Å². The molecular formula is C16H20O3S. The van der Waals surface area contributed by atoms with Crippen LogP contribution in [-0.4, -0.2) is 22.5 Å². The van der Waals surface area contributed by atoms with Crippen LogP contribution in [0, 0.1) is 17.8 Å². The fourth-order valence-corrected chi connectivity index (χ4v) is 2.13. The van der Waals surface area contributed by atoms with Crippen molar-refractivity contribution in [3.05, 3.63) is 29.8 Å². The molecule has 0 amide bonds. The van der Waals surface area contributed by atoms with Crippen molar-refractivity contribution in [2.75, 3.05) is 6.26 Å². The molecule has 0 fully saturated rings. The first-order valence-corrected chi connectivity index (χ1v) is 7.89. The van der Waals surface area contributed by atoms with Gasteiger partial charge in [-0.25, -0.2) is 4.79 Å². The van der Waals surface area contributed by atoms with Gasteiger partial charge in [0.15, 0.2) is 0 Å². The Bertz CT molecular complexity index is 532. The number of rotatable bonds is 4. The fraction of sp³-hybridized carbons (Fsp3) is 0.438. The van der Waals surface area contributed by atoms with E-state index in [-0.39, 0.29) is 11.5 Å². The van der Waals surface area contributed by atoms with Gasteiger partial charge >= 0.3 is 5.97 Å². The first kappa shape index (κ1) is 16.5. The molecule has 0 heterocycles. The second-order valence-corrected chi connectivity index (χ2v) is 7.03. The van der Waals surface area contributed by atoms with Crippen molar-refractivity contribution in [2.45, 2.75) is 38.2 Å². The van der Waals surface area contributed by atoms with Crippen molar-refractivity contribution in [3.63, 3.8) is 0 Å². The Balaban J connectivity index is 2.84. The second-order valence-electron chi connectivity index (χ2n) is 5.65. The Hall–Kier alpha value is -1.60. The molecule has 4 heteroatoms. The first-order valence-electron chi connectivity index (χ1n) is 6.33. The summed E-state index contributed by atoms with van der Waals surface area (Å²) in [5.74, 6) is 2.13. The zero-order valence-electron chi connectivity index (χ0n) is 12.3.